The molecule has 1 fully saturated rings. The number of rotatable bonds is 11. The van der Waals surface area contributed by atoms with E-state index in [0.29, 0.717) is 25.2 Å². The number of furan rings is 1. The lowest BCUT2D eigenvalue weighted by molar-refractivity contribution is -0.133. The second-order valence-corrected chi connectivity index (χ2v) is 9.15. The molecule has 0 bridgehead atoms. The molecule has 1 saturated heterocycles. The summed E-state index contributed by atoms with van der Waals surface area (Å²) < 4.78 is 11.2. The van der Waals surface area contributed by atoms with E-state index < -0.39 is 0 Å². The van der Waals surface area contributed by atoms with Gasteiger partial charge in [0.25, 0.3) is 5.91 Å². The number of carbonyl (C=O) groups is 2. The summed E-state index contributed by atoms with van der Waals surface area (Å²) in [7, 11) is 0. The molecule has 0 atom stereocenters. The van der Waals surface area contributed by atoms with Crippen LogP contribution in [0.1, 0.15) is 33.9 Å². The lowest BCUT2D eigenvalue weighted by atomic mass is 10.1. The second-order valence-electron chi connectivity index (χ2n) is 9.15. The standard InChI is InChI=1S/C29H35N3O4/c1-24-13-14-27(36-24)22-32(21-25-9-4-2-5-10-25)28(33)23-31(29(34)26-11-6-3-7-12-26)16-8-15-30-17-19-35-20-18-30/h2-7,9-14H,8,15-23H2,1H3. The maximum absolute atomic E-state index is 13.6. The van der Waals surface area contributed by atoms with Crippen molar-refractivity contribution in [1.29, 1.82) is 0 Å². The highest BCUT2D eigenvalue weighted by Crippen LogP contribution is 2.15. The van der Waals surface area contributed by atoms with Crippen LogP contribution in [0.15, 0.2) is 77.2 Å². The van der Waals surface area contributed by atoms with Gasteiger partial charge in [-0.2, -0.15) is 0 Å². The highest BCUT2D eigenvalue weighted by molar-refractivity contribution is 5.96. The highest BCUT2D eigenvalue weighted by atomic mass is 16.5. The maximum Gasteiger partial charge on any atom is 0.254 e. The number of carbonyl (C=O) groups excluding carboxylic acids is 2. The molecule has 0 radical (unpaired) electrons. The Hall–Kier alpha value is -3.42. The Morgan fingerprint density at radius 1 is 0.861 bits per heavy atom. The van der Waals surface area contributed by atoms with Gasteiger partial charge in [-0.15, -0.1) is 0 Å². The fourth-order valence-electron chi connectivity index (χ4n) is 4.38. The summed E-state index contributed by atoms with van der Waals surface area (Å²) in [5, 5.41) is 0. The third kappa shape index (κ3) is 7.54. The molecule has 1 aliphatic heterocycles. The molecule has 0 N–H and O–H groups in total. The van der Waals surface area contributed by atoms with Crippen LogP contribution in [-0.4, -0.2) is 72.5 Å². The average molecular weight is 490 g/mol. The van der Waals surface area contributed by atoms with Crippen LogP contribution in [-0.2, 0) is 22.6 Å². The number of nitrogens with zero attached hydrogens (tertiary/aromatic N) is 3. The van der Waals surface area contributed by atoms with E-state index >= 15 is 0 Å². The van der Waals surface area contributed by atoms with Gasteiger partial charge in [-0.1, -0.05) is 48.5 Å². The Morgan fingerprint density at radius 2 is 1.56 bits per heavy atom. The minimum absolute atomic E-state index is 0.0172. The van der Waals surface area contributed by atoms with Crippen molar-refractivity contribution in [3.63, 3.8) is 0 Å². The largest absolute Gasteiger partial charge is 0.464 e. The van der Waals surface area contributed by atoms with Crippen molar-refractivity contribution in [3.05, 3.63) is 95.4 Å². The number of benzene rings is 2. The van der Waals surface area contributed by atoms with Gasteiger partial charge < -0.3 is 19.0 Å². The van der Waals surface area contributed by atoms with Gasteiger partial charge in [-0.3, -0.25) is 14.5 Å². The van der Waals surface area contributed by atoms with Gasteiger partial charge in [0.1, 0.15) is 18.1 Å². The molecule has 3 aromatic rings. The summed E-state index contributed by atoms with van der Waals surface area (Å²) in [6, 6.07) is 22.9. The molecule has 1 aromatic heterocycles. The molecule has 0 unspecified atom stereocenters. The number of morpholine rings is 1. The quantitative estimate of drug-likeness (QED) is 0.408. The van der Waals surface area contributed by atoms with Crippen molar-refractivity contribution in [3.8, 4) is 0 Å². The molecule has 2 heterocycles. The molecule has 0 spiro atoms. The first-order valence-electron chi connectivity index (χ1n) is 12.6. The highest BCUT2D eigenvalue weighted by Gasteiger charge is 2.24. The van der Waals surface area contributed by atoms with E-state index in [1.807, 2.05) is 67.6 Å². The third-order valence-corrected chi connectivity index (χ3v) is 6.35. The van der Waals surface area contributed by atoms with Crippen molar-refractivity contribution in [2.75, 3.05) is 45.9 Å². The summed E-state index contributed by atoms with van der Waals surface area (Å²) in [6.07, 6.45) is 0.794. The zero-order valence-corrected chi connectivity index (χ0v) is 21.0. The molecule has 4 rings (SSSR count). The van der Waals surface area contributed by atoms with Crippen LogP contribution in [0.5, 0.6) is 0 Å². The van der Waals surface area contributed by atoms with Gasteiger partial charge in [0.05, 0.1) is 19.8 Å². The summed E-state index contributed by atoms with van der Waals surface area (Å²) in [4.78, 5) is 32.8. The van der Waals surface area contributed by atoms with Crippen LogP contribution < -0.4 is 0 Å². The van der Waals surface area contributed by atoms with Crippen LogP contribution in [0.25, 0.3) is 0 Å². The molecule has 1 aliphatic rings. The zero-order chi connectivity index (χ0) is 25.2. The van der Waals surface area contributed by atoms with Crippen molar-refractivity contribution in [1.82, 2.24) is 14.7 Å². The minimum atomic E-state index is -0.126. The van der Waals surface area contributed by atoms with Gasteiger partial charge in [0.2, 0.25) is 5.91 Å². The van der Waals surface area contributed by atoms with Gasteiger partial charge in [0, 0.05) is 38.3 Å². The second kappa shape index (κ2) is 13.0. The molecule has 2 amide bonds. The Kier molecular flexibility index (Phi) is 9.30. The van der Waals surface area contributed by atoms with Crippen LogP contribution in [0.2, 0.25) is 0 Å². The van der Waals surface area contributed by atoms with Crippen molar-refractivity contribution < 1.29 is 18.7 Å². The van der Waals surface area contributed by atoms with E-state index in [9.17, 15) is 9.59 Å². The predicted molar refractivity (Wildman–Crippen MR) is 138 cm³/mol. The molecule has 7 nitrogen and oxygen atoms in total. The molecular formula is C29H35N3O4. The number of ether oxygens (including phenoxy) is 1. The number of amides is 2. The summed E-state index contributed by atoms with van der Waals surface area (Å²) in [5.74, 6) is 1.30. The van der Waals surface area contributed by atoms with Gasteiger partial charge >= 0.3 is 0 Å². The fraction of sp³-hybridized carbons (Fsp3) is 0.379. The summed E-state index contributed by atoms with van der Waals surface area (Å²) in [5.41, 5.74) is 1.62. The smallest absolute Gasteiger partial charge is 0.254 e. The van der Waals surface area contributed by atoms with E-state index in [4.69, 9.17) is 9.15 Å². The minimum Gasteiger partial charge on any atom is -0.464 e. The van der Waals surface area contributed by atoms with E-state index in [1.165, 1.54) is 0 Å². The van der Waals surface area contributed by atoms with Crippen molar-refractivity contribution in [2.45, 2.75) is 26.4 Å². The van der Waals surface area contributed by atoms with E-state index in [2.05, 4.69) is 4.90 Å². The molecule has 0 aliphatic carbocycles. The van der Waals surface area contributed by atoms with Gasteiger partial charge in [-0.25, -0.2) is 0 Å². The maximum atomic E-state index is 13.6. The fourth-order valence-corrected chi connectivity index (χ4v) is 4.38. The predicted octanol–water partition coefficient (Wildman–Crippen LogP) is 3.98. The van der Waals surface area contributed by atoms with Crippen molar-refractivity contribution >= 4 is 11.8 Å². The number of hydrogen-bond donors (Lipinski definition) is 0. The molecule has 0 saturated carbocycles. The van der Waals surface area contributed by atoms with Crippen LogP contribution in [0, 0.1) is 6.92 Å². The van der Waals surface area contributed by atoms with Crippen LogP contribution in [0.3, 0.4) is 0 Å². The Bertz CT molecular complexity index is 1090. The van der Waals surface area contributed by atoms with E-state index in [-0.39, 0.29) is 18.4 Å². The molecule has 7 heteroatoms. The van der Waals surface area contributed by atoms with Gasteiger partial charge in [-0.05, 0) is 43.2 Å². The topological polar surface area (TPSA) is 66.2 Å². The van der Waals surface area contributed by atoms with Gasteiger partial charge in [0.15, 0.2) is 0 Å². The lowest BCUT2D eigenvalue weighted by Gasteiger charge is -2.30. The molecule has 36 heavy (non-hydrogen) atoms. The van der Waals surface area contributed by atoms with Crippen LogP contribution >= 0.6 is 0 Å². The molecule has 2 aromatic carbocycles. The molecular weight excluding hydrogens is 454 g/mol. The Balaban J connectivity index is 1.47. The van der Waals surface area contributed by atoms with E-state index in [1.54, 1.807) is 21.9 Å². The first kappa shape index (κ1) is 25.7. The third-order valence-electron chi connectivity index (χ3n) is 6.35. The SMILES string of the molecule is Cc1ccc(CN(Cc2ccccc2)C(=O)CN(CCCN2CCOCC2)C(=O)c2ccccc2)o1. The Morgan fingerprint density at radius 3 is 2.22 bits per heavy atom. The number of aryl methyl sites for hydroxylation is 1. The summed E-state index contributed by atoms with van der Waals surface area (Å²) >= 11 is 0. The van der Waals surface area contributed by atoms with Crippen LogP contribution in [0.4, 0.5) is 0 Å². The first-order chi connectivity index (χ1) is 17.6. The normalized spacial score (nSPS) is 13.9. The number of hydrogen-bond acceptors (Lipinski definition) is 5. The zero-order valence-electron chi connectivity index (χ0n) is 21.0. The first-order valence-corrected chi connectivity index (χ1v) is 12.6. The average Bonchev–Trinajstić information content (AvgIpc) is 3.33. The van der Waals surface area contributed by atoms with E-state index in [0.717, 1.165) is 56.4 Å². The monoisotopic (exact) mass is 489 g/mol. The lowest BCUT2D eigenvalue weighted by Crippen LogP contribution is -2.44. The van der Waals surface area contributed by atoms with Crippen molar-refractivity contribution in [2.24, 2.45) is 0 Å². The Labute approximate surface area is 213 Å². The summed E-state index contributed by atoms with van der Waals surface area (Å²) in [6.45, 7) is 7.37. The molecule has 190 valence electrons.